The molecule has 0 radical (unpaired) electrons. The van der Waals surface area contributed by atoms with Gasteiger partial charge in [0.25, 0.3) is 5.56 Å². The van der Waals surface area contributed by atoms with Gasteiger partial charge in [-0.05, 0) is 17.7 Å². The molecule has 0 bridgehead atoms. The molecule has 0 saturated carbocycles. The smallest absolute Gasteiger partial charge is 0.271 e. The number of hydrogen-bond acceptors (Lipinski definition) is 3. The van der Waals surface area contributed by atoms with Crippen LogP contribution >= 0.6 is 11.6 Å². The highest BCUT2D eigenvalue weighted by Crippen LogP contribution is 2.15. The summed E-state index contributed by atoms with van der Waals surface area (Å²) < 4.78 is 14.2. The van der Waals surface area contributed by atoms with E-state index in [1.54, 1.807) is 6.07 Å². The number of H-pyrrole nitrogens is 1. The lowest BCUT2D eigenvalue weighted by Gasteiger charge is -2.03. The molecule has 1 aromatic carbocycles. The van der Waals surface area contributed by atoms with Crippen molar-refractivity contribution in [2.75, 3.05) is 0 Å². The summed E-state index contributed by atoms with van der Waals surface area (Å²) in [6.45, 7) is 0.0592. The number of halogens is 2. The van der Waals surface area contributed by atoms with E-state index in [1.165, 1.54) is 12.1 Å². The first kappa shape index (κ1) is 11.5. The van der Waals surface area contributed by atoms with Crippen LogP contribution in [0.1, 0.15) is 5.56 Å². The Morgan fingerprint density at radius 3 is 2.82 bits per heavy atom. The van der Waals surface area contributed by atoms with Crippen molar-refractivity contribution in [3.8, 4) is 0 Å². The first-order valence-electron chi connectivity index (χ1n) is 4.66. The summed E-state index contributed by atoms with van der Waals surface area (Å²) in [5.74, 6) is -0.568. The molecule has 0 atom stereocenters. The van der Waals surface area contributed by atoms with E-state index in [2.05, 4.69) is 10.1 Å². The molecular weight excluding hydrogens is 249 g/mol. The molecule has 0 aliphatic rings. The van der Waals surface area contributed by atoms with Gasteiger partial charge in [0.15, 0.2) is 0 Å². The van der Waals surface area contributed by atoms with E-state index in [1.807, 2.05) is 0 Å². The van der Waals surface area contributed by atoms with Gasteiger partial charge >= 0.3 is 5.69 Å². The van der Waals surface area contributed by atoms with Gasteiger partial charge in [0.2, 0.25) is 0 Å². The summed E-state index contributed by atoms with van der Waals surface area (Å²) in [6, 6.07) is 4.18. The summed E-state index contributed by atoms with van der Waals surface area (Å²) in [5, 5.41) is 3.64. The number of nitrogens with one attached hydrogen (secondary N) is 1. The van der Waals surface area contributed by atoms with Crippen LogP contribution in [-0.2, 0) is 6.54 Å². The number of benzene rings is 1. The molecule has 7 heteroatoms. The second-order valence-corrected chi connectivity index (χ2v) is 3.75. The first-order valence-corrected chi connectivity index (χ1v) is 5.04. The quantitative estimate of drug-likeness (QED) is 0.862. The second kappa shape index (κ2) is 4.50. The predicted molar refractivity (Wildman–Crippen MR) is 59.6 cm³/mol. The van der Waals surface area contributed by atoms with Crippen LogP contribution < -0.4 is 11.2 Å². The summed E-state index contributed by atoms with van der Waals surface area (Å²) in [7, 11) is 0. The number of aromatic amines is 1. The Kier molecular flexibility index (Phi) is 3.06. The number of rotatable bonds is 2. The molecule has 0 aliphatic carbocycles. The molecule has 0 fully saturated rings. The third-order valence-corrected chi connectivity index (χ3v) is 2.40. The van der Waals surface area contributed by atoms with Crippen LogP contribution in [0.5, 0.6) is 0 Å². The van der Waals surface area contributed by atoms with Crippen molar-refractivity contribution >= 4 is 11.6 Å². The normalized spacial score (nSPS) is 10.5. The van der Waals surface area contributed by atoms with Gasteiger partial charge in [-0.25, -0.2) is 13.9 Å². The van der Waals surface area contributed by atoms with Gasteiger partial charge in [-0.2, -0.15) is 5.10 Å². The minimum Gasteiger partial charge on any atom is -0.271 e. The van der Waals surface area contributed by atoms with Crippen molar-refractivity contribution in [2.24, 2.45) is 0 Å². The molecule has 1 N–H and O–H groups in total. The Hall–Kier alpha value is -1.95. The third kappa shape index (κ3) is 2.59. The first-order chi connectivity index (χ1) is 8.06. The van der Waals surface area contributed by atoms with Gasteiger partial charge in [0, 0.05) is 0 Å². The molecule has 0 saturated heterocycles. The lowest BCUT2D eigenvalue weighted by Crippen LogP contribution is -2.31. The average molecular weight is 256 g/mol. The van der Waals surface area contributed by atoms with Crippen LogP contribution in [-0.4, -0.2) is 14.8 Å². The number of hydrogen-bond donors (Lipinski definition) is 1. The maximum Gasteiger partial charge on any atom is 0.345 e. The van der Waals surface area contributed by atoms with E-state index in [-0.39, 0.29) is 11.6 Å². The van der Waals surface area contributed by atoms with E-state index in [0.29, 0.717) is 5.56 Å². The van der Waals surface area contributed by atoms with Crippen LogP contribution in [0, 0.1) is 5.82 Å². The minimum atomic E-state index is -0.646. The molecule has 2 rings (SSSR count). The molecule has 0 aliphatic heterocycles. The molecule has 17 heavy (non-hydrogen) atoms. The second-order valence-electron chi connectivity index (χ2n) is 3.35. The zero-order valence-corrected chi connectivity index (χ0v) is 9.24. The van der Waals surface area contributed by atoms with Gasteiger partial charge in [0.05, 0.1) is 11.6 Å². The number of nitrogens with zero attached hydrogens (tertiary/aromatic N) is 2. The summed E-state index contributed by atoms with van der Waals surface area (Å²) in [5.41, 5.74) is -0.699. The van der Waals surface area contributed by atoms with Crippen molar-refractivity contribution in [2.45, 2.75) is 6.54 Å². The molecule has 0 unspecified atom stereocenters. The summed E-state index contributed by atoms with van der Waals surface area (Å²) in [6.07, 6.45) is 0.980. The van der Waals surface area contributed by atoms with Crippen LogP contribution in [0.25, 0.3) is 0 Å². The van der Waals surface area contributed by atoms with Crippen molar-refractivity contribution in [3.63, 3.8) is 0 Å². The molecule has 5 nitrogen and oxygen atoms in total. The predicted octanol–water partition coefficient (Wildman–Crippen LogP) is 0.772. The summed E-state index contributed by atoms with van der Waals surface area (Å²) >= 11 is 5.53. The van der Waals surface area contributed by atoms with Gasteiger partial charge in [0.1, 0.15) is 12.0 Å². The molecule has 2 aromatic rings. The highest BCUT2D eigenvalue weighted by atomic mass is 35.5. The average Bonchev–Trinajstić information content (AvgIpc) is 2.27. The van der Waals surface area contributed by atoms with Crippen molar-refractivity contribution < 1.29 is 4.39 Å². The Morgan fingerprint density at radius 1 is 1.41 bits per heavy atom. The number of aromatic nitrogens is 3. The van der Waals surface area contributed by atoms with E-state index in [0.717, 1.165) is 10.9 Å². The van der Waals surface area contributed by atoms with Crippen molar-refractivity contribution in [1.29, 1.82) is 0 Å². The van der Waals surface area contributed by atoms with E-state index >= 15 is 0 Å². The SMILES string of the molecule is O=c1cnn(Cc2ccc(Cl)c(F)c2)c(=O)[nH]1. The molecule has 1 aromatic heterocycles. The Labute approximate surface area is 99.5 Å². The molecule has 88 valence electrons. The highest BCUT2D eigenvalue weighted by molar-refractivity contribution is 6.30. The zero-order valence-electron chi connectivity index (χ0n) is 8.48. The van der Waals surface area contributed by atoms with E-state index in [9.17, 15) is 14.0 Å². The topological polar surface area (TPSA) is 67.8 Å². The van der Waals surface area contributed by atoms with Crippen LogP contribution in [0.15, 0.2) is 34.0 Å². The monoisotopic (exact) mass is 255 g/mol. The largest absolute Gasteiger partial charge is 0.345 e. The Bertz CT molecular complexity index is 665. The van der Waals surface area contributed by atoms with Gasteiger partial charge in [-0.1, -0.05) is 17.7 Å². The zero-order chi connectivity index (χ0) is 12.4. The molecule has 0 amide bonds. The van der Waals surface area contributed by atoms with E-state index < -0.39 is 17.1 Å². The lowest BCUT2D eigenvalue weighted by molar-refractivity contribution is 0.595. The van der Waals surface area contributed by atoms with Crippen molar-refractivity contribution in [1.82, 2.24) is 14.8 Å². The van der Waals surface area contributed by atoms with Gasteiger partial charge < -0.3 is 0 Å². The van der Waals surface area contributed by atoms with Gasteiger partial charge in [-0.15, -0.1) is 0 Å². The molecule has 0 spiro atoms. The highest BCUT2D eigenvalue weighted by Gasteiger charge is 2.04. The fraction of sp³-hybridized carbons (Fsp3) is 0.100. The molecule has 1 heterocycles. The summed E-state index contributed by atoms with van der Waals surface area (Å²) in [4.78, 5) is 24.2. The minimum absolute atomic E-state index is 0.00975. The van der Waals surface area contributed by atoms with E-state index in [4.69, 9.17) is 11.6 Å². The Morgan fingerprint density at radius 2 is 2.18 bits per heavy atom. The Balaban J connectivity index is 2.35. The lowest BCUT2D eigenvalue weighted by atomic mass is 10.2. The molecular formula is C10H7ClFN3O2. The van der Waals surface area contributed by atoms with Crippen LogP contribution in [0.3, 0.4) is 0 Å². The van der Waals surface area contributed by atoms with Gasteiger partial charge in [-0.3, -0.25) is 9.78 Å². The fourth-order valence-electron chi connectivity index (χ4n) is 1.30. The fourth-order valence-corrected chi connectivity index (χ4v) is 1.42. The standard InChI is InChI=1S/C10H7ClFN3O2/c11-7-2-1-6(3-8(7)12)5-15-10(17)14-9(16)4-13-15/h1-4H,5H2,(H,14,16,17). The third-order valence-electron chi connectivity index (χ3n) is 2.10. The maximum absolute atomic E-state index is 13.1. The maximum atomic E-state index is 13.1. The van der Waals surface area contributed by atoms with Crippen LogP contribution in [0.4, 0.5) is 4.39 Å². The van der Waals surface area contributed by atoms with Crippen molar-refractivity contribution in [3.05, 3.63) is 61.6 Å². The van der Waals surface area contributed by atoms with Crippen LogP contribution in [0.2, 0.25) is 5.02 Å².